The molecule has 3 heterocycles. The van der Waals surface area contributed by atoms with Crippen molar-refractivity contribution in [3.05, 3.63) is 65.8 Å². The molecule has 0 radical (unpaired) electrons. The topological polar surface area (TPSA) is 215 Å². The van der Waals surface area contributed by atoms with Crippen molar-refractivity contribution in [2.75, 3.05) is 19.0 Å². The Kier molecular flexibility index (Phi) is 10.7. The standard InChI is InChI=1S/C38H44BClN6O10S/c1-6-21-16-38(21,35(49)45-57(52,53)24-11-12-24)44-32(47)28-15-23(56-33-26-14-22(40)10-13-25(26)29(54-5)17-41-33)18-46(28)34(48)31(37(2,3)4)43-36(50)42-27-9-7-8-20-19-55-39(51)30(20)27/h6-10,13-14,17,21,23-24,28,31,51H,1,11-12,15-16,18-19H2,2-5H3,(H,44,47)(H,45,49)(H2,42,43,50)/t21-,23-,28+,31-,38-/m1/s1. The molecule has 16 nitrogen and oxygen atoms in total. The highest BCUT2D eigenvalue weighted by molar-refractivity contribution is 7.91. The molecule has 5 atom stereocenters. The number of sulfonamides is 1. The Hall–Kier alpha value is -4.91. The molecule has 0 spiro atoms. The number of ether oxygens (including phenoxy) is 2. The van der Waals surface area contributed by atoms with Crippen LogP contribution in [0.4, 0.5) is 10.5 Å². The van der Waals surface area contributed by atoms with Crippen LogP contribution >= 0.6 is 11.6 Å². The van der Waals surface area contributed by atoms with Gasteiger partial charge in [-0.3, -0.25) is 19.1 Å². The lowest BCUT2D eigenvalue weighted by Crippen LogP contribution is -2.60. The molecule has 1 aromatic heterocycles. The van der Waals surface area contributed by atoms with Gasteiger partial charge in [-0.05, 0) is 54.5 Å². The molecular weight excluding hydrogens is 779 g/mol. The van der Waals surface area contributed by atoms with Crippen molar-refractivity contribution in [2.24, 2.45) is 11.3 Å². The zero-order valence-electron chi connectivity index (χ0n) is 31.8. The van der Waals surface area contributed by atoms with Crippen molar-refractivity contribution in [3.8, 4) is 11.6 Å². The maximum Gasteiger partial charge on any atom is 0.493 e. The van der Waals surface area contributed by atoms with Gasteiger partial charge in [0.15, 0.2) is 0 Å². The first-order valence-corrected chi connectivity index (χ1v) is 20.5. The van der Waals surface area contributed by atoms with Crippen LogP contribution in [0.3, 0.4) is 0 Å². The number of hydrogen-bond acceptors (Lipinski definition) is 11. The van der Waals surface area contributed by atoms with Crippen molar-refractivity contribution in [2.45, 2.75) is 82.0 Å². The summed E-state index contributed by atoms with van der Waals surface area (Å²) in [5.74, 6) is -2.14. The van der Waals surface area contributed by atoms with E-state index in [9.17, 15) is 32.6 Å². The molecule has 3 fully saturated rings. The van der Waals surface area contributed by atoms with E-state index in [0.29, 0.717) is 51.1 Å². The lowest BCUT2D eigenvalue weighted by molar-refractivity contribution is -0.142. The Labute approximate surface area is 335 Å². The summed E-state index contributed by atoms with van der Waals surface area (Å²) < 4.78 is 44.8. The average Bonchev–Trinajstić information content (AvgIpc) is 4.06. The number of carbonyl (C=O) groups is 4. The molecule has 2 aliphatic heterocycles. The summed E-state index contributed by atoms with van der Waals surface area (Å²) in [6.45, 7) is 9.07. The number of amides is 5. The highest BCUT2D eigenvalue weighted by Crippen LogP contribution is 2.46. The number of urea groups is 1. The number of aromatic nitrogens is 1. The fraction of sp³-hybridized carbons (Fsp3) is 0.447. The minimum absolute atomic E-state index is 0.0543. The molecule has 5 amide bonds. The third-order valence-electron chi connectivity index (χ3n) is 10.8. The number of rotatable bonds is 12. The highest BCUT2D eigenvalue weighted by atomic mass is 35.5. The number of methoxy groups -OCH3 is 1. The number of likely N-dealkylation sites (tertiary alicyclic amines) is 1. The molecule has 0 unspecified atom stereocenters. The molecule has 7 rings (SSSR count). The zero-order valence-corrected chi connectivity index (χ0v) is 33.4. The smallest absolute Gasteiger partial charge is 0.493 e. The number of anilines is 1. The van der Waals surface area contributed by atoms with Crippen LogP contribution in [0.5, 0.6) is 11.6 Å². The Bertz CT molecular complexity index is 2270. The SMILES string of the molecule is C=C[C@@H]1C[C@]1(NC(=O)[C@@H]1C[C@@H](Oc2ncc(OC)c3ccc(Cl)cc23)CN1C(=O)[C@@H](NC(=O)Nc1cccc2c1B(O)OC2)C(C)(C)C)C(=O)NS(=O)(=O)C1CC1. The van der Waals surface area contributed by atoms with E-state index in [1.54, 1.807) is 57.2 Å². The van der Waals surface area contributed by atoms with E-state index in [1.165, 1.54) is 24.3 Å². The van der Waals surface area contributed by atoms with Crippen molar-refractivity contribution < 1.29 is 46.7 Å². The summed E-state index contributed by atoms with van der Waals surface area (Å²) in [5, 5.41) is 19.6. The van der Waals surface area contributed by atoms with Crippen molar-refractivity contribution in [1.82, 2.24) is 25.2 Å². The monoisotopic (exact) mass is 822 g/mol. The molecule has 0 bridgehead atoms. The third-order valence-corrected chi connectivity index (χ3v) is 12.9. The maximum atomic E-state index is 14.7. The molecule has 2 aromatic carbocycles. The number of fused-ring (bicyclic) bond motifs is 2. The van der Waals surface area contributed by atoms with E-state index in [0.717, 1.165) is 0 Å². The second-order valence-electron chi connectivity index (χ2n) is 15.9. The fourth-order valence-electron chi connectivity index (χ4n) is 7.47. The van der Waals surface area contributed by atoms with Gasteiger partial charge in [-0.1, -0.05) is 50.6 Å². The summed E-state index contributed by atoms with van der Waals surface area (Å²) in [6.07, 6.45) is 3.06. The van der Waals surface area contributed by atoms with Gasteiger partial charge in [0.25, 0.3) is 5.91 Å². The van der Waals surface area contributed by atoms with Crippen molar-refractivity contribution in [1.29, 1.82) is 0 Å². The van der Waals surface area contributed by atoms with Crippen LogP contribution in [-0.4, -0.2) is 96.8 Å². The molecule has 3 aromatic rings. The lowest BCUT2D eigenvalue weighted by Gasteiger charge is -2.35. The maximum absolute atomic E-state index is 14.7. The molecule has 19 heteroatoms. The number of nitrogens with one attached hydrogen (secondary N) is 4. The first kappa shape index (κ1) is 40.3. The number of nitrogens with zero attached hydrogens (tertiary/aromatic N) is 2. The van der Waals surface area contributed by atoms with E-state index >= 15 is 0 Å². The van der Waals surface area contributed by atoms with Gasteiger partial charge in [0.05, 0.1) is 31.7 Å². The Morgan fingerprint density at radius 1 is 1.18 bits per heavy atom. The summed E-state index contributed by atoms with van der Waals surface area (Å²) in [5.41, 5.74) is -1.10. The third kappa shape index (κ3) is 8.00. The van der Waals surface area contributed by atoms with Crippen molar-refractivity contribution >= 4 is 74.4 Å². The second kappa shape index (κ2) is 15.1. The quantitative estimate of drug-likeness (QED) is 0.132. The highest BCUT2D eigenvalue weighted by Gasteiger charge is 2.62. The van der Waals surface area contributed by atoms with Crippen molar-refractivity contribution in [3.63, 3.8) is 0 Å². The van der Waals surface area contributed by atoms with E-state index in [4.69, 9.17) is 25.7 Å². The Morgan fingerprint density at radius 2 is 1.93 bits per heavy atom. The zero-order chi connectivity index (χ0) is 41.0. The molecular formula is C38H44BClN6O10S. The van der Waals surface area contributed by atoms with E-state index in [2.05, 4.69) is 32.2 Å². The summed E-state index contributed by atoms with van der Waals surface area (Å²) in [7, 11) is -3.67. The predicted octanol–water partition coefficient (Wildman–Crippen LogP) is 2.37. The number of pyridine rings is 1. The first-order chi connectivity index (χ1) is 26.9. The molecule has 302 valence electrons. The molecule has 4 aliphatic rings. The predicted molar refractivity (Wildman–Crippen MR) is 211 cm³/mol. The lowest BCUT2D eigenvalue weighted by atomic mass is 9.78. The minimum Gasteiger partial charge on any atom is -0.494 e. The van der Waals surface area contributed by atoms with Crippen LogP contribution in [-0.2, 0) is 35.7 Å². The second-order valence-corrected chi connectivity index (χ2v) is 18.3. The normalized spacial score (nSPS) is 23.3. The van der Waals surface area contributed by atoms with Gasteiger partial charge in [-0.15, -0.1) is 6.58 Å². The molecule has 57 heavy (non-hydrogen) atoms. The molecule has 1 saturated heterocycles. The number of carbonyl (C=O) groups excluding carboxylic acids is 4. The number of benzene rings is 2. The van der Waals surface area contributed by atoms with E-state index < -0.39 is 81.2 Å². The number of halogens is 1. The Balaban J connectivity index is 1.18. The number of hydrogen-bond donors (Lipinski definition) is 5. The minimum atomic E-state index is -3.94. The van der Waals surface area contributed by atoms with Gasteiger partial charge < -0.3 is 40.0 Å². The largest absolute Gasteiger partial charge is 0.494 e. The van der Waals surface area contributed by atoms with Gasteiger partial charge in [0.2, 0.25) is 27.7 Å². The summed E-state index contributed by atoms with van der Waals surface area (Å²) >= 11 is 6.35. The van der Waals surface area contributed by atoms with Gasteiger partial charge in [0.1, 0.15) is 29.5 Å². The van der Waals surface area contributed by atoms with E-state index in [1.807, 2.05) is 0 Å². The van der Waals surface area contributed by atoms with Gasteiger partial charge in [-0.25, -0.2) is 18.2 Å². The van der Waals surface area contributed by atoms with Crippen LogP contribution in [0.1, 0.15) is 52.0 Å². The molecule has 5 N–H and O–H groups in total. The molecule has 2 saturated carbocycles. The van der Waals surface area contributed by atoms with E-state index in [-0.39, 0.29) is 31.9 Å². The van der Waals surface area contributed by atoms with Gasteiger partial charge in [0, 0.05) is 39.3 Å². The van der Waals surface area contributed by atoms with Gasteiger partial charge in [-0.2, -0.15) is 0 Å². The molecule has 2 aliphatic carbocycles. The summed E-state index contributed by atoms with van der Waals surface area (Å²) in [6, 6.07) is 7.02. The first-order valence-electron chi connectivity index (χ1n) is 18.5. The summed E-state index contributed by atoms with van der Waals surface area (Å²) in [4.78, 5) is 62.0. The fourth-order valence-corrected chi connectivity index (χ4v) is 9.00. The van der Waals surface area contributed by atoms with Crippen LogP contribution < -0.4 is 35.6 Å². The Morgan fingerprint density at radius 3 is 2.60 bits per heavy atom. The van der Waals surface area contributed by atoms with Crippen LogP contribution in [0.2, 0.25) is 5.02 Å². The van der Waals surface area contributed by atoms with Gasteiger partial charge >= 0.3 is 13.1 Å². The average molecular weight is 823 g/mol. The van der Waals surface area contributed by atoms with Crippen LogP contribution in [0, 0.1) is 11.3 Å². The van der Waals surface area contributed by atoms with Crippen LogP contribution in [0.15, 0.2) is 55.3 Å². The van der Waals surface area contributed by atoms with Crippen LogP contribution in [0.25, 0.3) is 10.8 Å².